The summed E-state index contributed by atoms with van der Waals surface area (Å²) in [5, 5.41) is 0. The van der Waals surface area contributed by atoms with Crippen LogP contribution in [0, 0.1) is 11.6 Å². The molecule has 0 radical (unpaired) electrons. The Bertz CT molecular complexity index is 653. The number of Topliss-reactive ketones (excluding diaryl/α,β-unsaturated/α-hetero) is 1. The number of ether oxygens (including phenoxy) is 1. The zero-order valence-corrected chi connectivity index (χ0v) is 10.3. The Labute approximate surface area is 113 Å². The molecule has 0 aliphatic carbocycles. The molecule has 0 unspecified atom stereocenters. The predicted molar refractivity (Wildman–Crippen MR) is 68.0 cm³/mol. The Morgan fingerprint density at radius 3 is 2.60 bits per heavy atom. The molecule has 0 aliphatic rings. The summed E-state index contributed by atoms with van der Waals surface area (Å²) in [6.07, 6.45) is 0.505. The highest BCUT2D eigenvalue weighted by Gasteiger charge is 2.10. The van der Waals surface area contributed by atoms with Gasteiger partial charge in [-0.25, -0.2) is 8.78 Å². The second kappa shape index (κ2) is 6.06. The highest BCUT2D eigenvalue weighted by Crippen LogP contribution is 2.18. The fourth-order valence-corrected chi connectivity index (χ4v) is 1.60. The van der Waals surface area contributed by atoms with Gasteiger partial charge in [0, 0.05) is 11.1 Å². The number of ketones is 1. The van der Waals surface area contributed by atoms with E-state index < -0.39 is 24.0 Å². The summed E-state index contributed by atoms with van der Waals surface area (Å²) in [5.41, 5.74) is 0.321. The lowest BCUT2D eigenvalue weighted by Gasteiger charge is -2.07. The standard InChI is InChI=1S/C15H10F2O3/c16-12-3-1-2-11(7-12)14(19)9-20-15-5-4-10(8-18)6-13(15)17/h1-8H,9H2. The van der Waals surface area contributed by atoms with E-state index in [1.165, 1.54) is 30.3 Å². The van der Waals surface area contributed by atoms with E-state index in [1.807, 2.05) is 0 Å². The van der Waals surface area contributed by atoms with Crippen molar-refractivity contribution in [3.05, 3.63) is 65.2 Å². The molecule has 0 amide bonds. The molecule has 0 atom stereocenters. The first-order chi connectivity index (χ1) is 9.60. The van der Waals surface area contributed by atoms with Crippen LogP contribution in [-0.2, 0) is 0 Å². The molecule has 102 valence electrons. The van der Waals surface area contributed by atoms with Gasteiger partial charge in [-0.05, 0) is 30.3 Å². The van der Waals surface area contributed by atoms with Crippen LogP contribution in [0.5, 0.6) is 5.75 Å². The largest absolute Gasteiger partial charge is 0.482 e. The molecule has 0 heterocycles. The number of aldehydes is 1. The summed E-state index contributed by atoms with van der Waals surface area (Å²) >= 11 is 0. The first kappa shape index (κ1) is 13.9. The maximum Gasteiger partial charge on any atom is 0.200 e. The topological polar surface area (TPSA) is 43.4 Å². The molecule has 0 spiro atoms. The number of hydrogen-bond donors (Lipinski definition) is 0. The minimum absolute atomic E-state index is 0.139. The van der Waals surface area contributed by atoms with Crippen molar-refractivity contribution in [1.29, 1.82) is 0 Å². The van der Waals surface area contributed by atoms with Crippen molar-refractivity contribution in [3.63, 3.8) is 0 Å². The van der Waals surface area contributed by atoms with Gasteiger partial charge in [0.1, 0.15) is 12.1 Å². The molecule has 0 aromatic heterocycles. The van der Waals surface area contributed by atoms with Crippen LogP contribution >= 0.6 is 0 Å². The SMILES string of the molecule is O=Cc1ccc(OCC(=O)c2cccc(F)c2)c(F)c1. The summed E-state index contributed by atoms with van der Waals surface area (Å²) < 4.78 is 31.5. The fourth-order valence-electron chi connectivity index (χ4n) is 1.60. The summed E-state index contributed by atoms with van der Waals surface area (Å²) in [4.78, 5) is 22.2. The molecular formula is C15H10F2O3. The second-order valence-electron chi connectivity index (χ2n) is 4.03. The van der Waals surface area contributed by atoms with Gasteiger partial charge in [0.05, 0.1) is 0 Å². The van der Waals surface area contributed by atoms with Crippen molar-refractivity contribution in [3.8, 4) is 5.75 Å². The summed E-state index contributed by atoms with van der Waals surface area (Å²) in [6, 6.07) is 8.79. The monoisotopic (exact) mass is 276 g/mol. The van der Waals surface area contributed by atoms with E-state index in [4.69, 9.17) is 4.74 Å². The zero-order chi connectivity index (χ0) is 14.5. The number of halogens is 2. The molecule has 3 nitrogen and oxygen atoms in total. The molecule has 5 heteroatoms. The number of rotatable bonds is 5. The van der Waals surface area contributed by atoms with E-state index in [9.17, 15) is 18.4 Å². The van der Waals surface area contributed by atoms with Crippen LogP contribution in [0.3, 0.4) is 0 Å². The van der Waals surface area contributed by atoms with Crippen molar-refractivity contribution in [2.75, 3.05) is 6.61 Å². The lowest BCUT2D eigenvalue weighted by atomic mass is 10.1. The highest BCUT2D eigenvalue weighted by atomic mass is 19.1. The predicted octanol–water partition coefficient (Wildman–Crippen LogP) is 3.04. The summed E-state index contributed by atoms with van der Waals surface area (Å²) in [7, 11) is 0. The average molecular weight is 276 g/mol. The lowest BCUT2D eigenvalue weighted by molar-refractivity contribution is 0.0918. The number of benzene rings is 2. The van der Waals surface area contributed by atoms with Crippen molar-refractivity contribution in [2.45, 2.75) is 0 Å². The first-order valence-corrected chi connectivity index (χ1v) is 5.76. The van der Waals surface area contributed by atoms with Crippen molar-refractivity contribution >= 4 is 12.1 Å². The first-order valence-electron chi connectivity index (χ1n) is 5.76. The molecule has 0 fully saturated rings. The highest BCUT2D eigenvalue weighted by molar-refractivity contribution is 5.97. The fraction of sp³-hybridized carbons (Fsp3) is 0.0667. The van der Waals surface area contributed by atoms with Crippen molar-refractivity contribution in [1.82, 2.24) is 0 Å². The molecule has 2 aromatic rings. The summed E-state index contributed by atoms with van der Waals surface area (Å²) in [5.74, 6) is -1.87. The Hall–Kier alpha value is -2.56. The van der Waals surface area contributed by atoms with Gasteiger partial charge >= 0.3 is 0 Å². The third kappa shape index (κ3) is 3.26. The second-order valence-corrected chi connectivity index (χ2v) is 4.03. The molecule has 0 N–H and O–H groups in total. The molecule has 0 saturated carbocycles. The maximum atomic E-state index is 13.5. The van der Waals surface area contributed by atoms with E-state index in [1.54, 1.807) is 0 Å². The van der Waals surface area contributed by atoms with Crippen LogP contribution in [0.15, 0.2) is 42.5 Å². The molecule has 0 aliphatic heterocycles. The average Bonchev–Trinajstić information content (AvgIpc) is 2.45. The van der Waals surface area contributed by atoms with Crippen molar-refractivity contribution < 1.29 is 23.1 Å². The molecule has 20 heavy (non-hydrogen) atoms. The van der Waals surface area contributed by atoms with Crippen LogP contribution in [0.25, 0.3) is 0 Å². The van der Waals surface area contributed by atoms with Gasteiger partial charge in [0.15, 0.2) is 24.0 Å². The number of carbonyl (C=O) groups excluding carboxylic acids is 2. The molecular weight excluding hydrogens is 266 g/mol. The van der Waals surface area contributed by atoms with Gasteiger partial charge in [-0.15, -0.1) is 0 Å². The zero-order valence-electron chi connectivity index (χ0n) is 10.3. The number of carbonyl (C=O) groups is 2. The van der Waals surface area contributed by atoms with Crippen LogP contribution in [0.2, 0.25) is 0 Å². The molecule has 0 bridgehead atoms. The van der Waals surface area contributed by atoms with E-state index >= 15 is 0 Å². The van der Waals surface area contributed by atoms with Crippen LogP contribution < -0.4 is 4.74 Å². The van der Waals surface area contributed by atoms with E-state index in [0.29, 0.717) is 6.29 Å². The molecule has 2 rings (SSSR count). The summed E-state index contributed by atoms with van der Waals surface area (Å²) in [6.45, 7) is -0.416. The van der Waals surface area contributed by atoms with Gasteiger partial charge in [0.25, 0.3) is 0 Å². The van der Waals surface area contributed by atoms with E-state index in [2.05, 4.69) is 0 Å². The van der Waals surface area contributed by atoms with Gasteiger partial charge in [0.2, 0.25) is 0 Å². The quantitative estimate of drug-likeness (QED) is 0.622. The van der Waals surface area contributed by atoms with E-state index in [-0.39, 0.29) is 16.9 Å². The molecule has 2 aromatic carbocycles. The molecule has 0 saturated heterocycles. The van der Waals surface area contributed by atoms with Crippen LogP contribution in [0.4, 0.5) is 8.78 Å². The third-order valence-corrected chi connectivity index (χ3v) is 2.60. The van der Waals surface area contributed by atoms with Gasteiger partial charge in [-0.2, -0.15) is 0 Å². The minimum Gasteiger partial charge on any atom is -0.482 e. The Kier molecular flexibility index (Phi) is 4.20. The van der Waals surface area contributed by atoms with Gasteiger partial charge in [-0.3, -0.25) is 9.59 Å². The Morgan fingerprint density at radius 1 is 1.15 bits per heavy atom. The normalized spacial score (nSPS) is 10.1. The van der Waals surface area contributed by atoms with Crippen LogP contribution in [-0.4, -0.2) is 18.7 Å². The Balaban J connectivity index is 2.05. The minimum atomic E-state index is -0.735. The van der Waals surface area contributed by atoms with Gasteiger partial charge in [-0.1, -0.05) is 12.1 Å². The number of hydrogen-bond acceptors (Lipinski definition) is 3. The van der Waals surface area contributed by atoms with Gasteiger partial charge < -0.3 is 4.74 Å². The van der Waals surface area contributed by atoms with Crippen molar-refractivity contribution in [2.24, 2.45) is 0 Å². The van der Waals surface area contributed by atoms with E-state index in [0.717, 1.165) is 12.1 Å². The Morgan fingerprint density at radius 2 is 1.95 bits per heavy atom. The van der Waals surface area contributed by atoms with Crippen LogP contribution in [0.1, 0.15) is 20.7 Å². The smallest absolute Gasteiger partial charge is 0.200 e. The maximum absolute atomic E-state index is 13.5. The third-order valence-electron chi connectivity index (χ3n) is 2.60. The lowest BCUT2D eigenvalue weighted by Crippen LogP contribution is -2.12.